The minimum atomic E-state index is 0.00568. The Morgan fingerprint density at radius 2 is 0.983 bits per heavy atom. The van der Waals surface area contributed by atoms with E-state index in [2.05, 4.69) is 156 Å². The second-order valence-corrected chi connectivity index (χ2v) is 15.6. The number of nitrogens with zero attached hydrogens (tertiary/aromatic N) is 4. The van der Waals surface area contributed by atoms with Crippen LogP contribution in [0.3, 0.4) is 0 Å². The average Bonchev–Trinajstić information content (AvgIpc) is 3.79. The Morgan fingerprint density at radius 1 is 0.483 bits per heavy atom. The monoisotopic (exact) mass is 748 g/mol. The summed E-state index contributed by atoms with van der Waals surface area (Å²) >= 11 is 0. The van der Waals surface area contributed by atoms with Gasteiger partial charge in [0.25, 0.3) is 0 Å². The number of hydrogen-bond acceptors (Lipinski definition) is 3. The van der Waals surface area contributed by atoms with Crippen molar-refractivity contribution >= 4 is 32.7 Å². The molecule has 5 heteroatoms. The lowest BCUT2D eigenvalue weighted by Crippen LogP contribution is -2.01. The van der Waals surface area contributed by atoms with Gasteiger partial charge in [-0.25, -0.2) is 9.97 Å². The first-order chi connectivity index (χ1) is 28.6. The summed E-state index contributed by atoms with van der Waals surface area (Å²) in [4.78, 5) is 10.1. The van der Waals surface area contributed by atoms with Gasteiger partial charge in [0, 0.05) is 44.2 Å². The fourth-order valence-electron chi connectivity index (χ4n) is 8.99. The Labute approximate surface area is 337 Å². The first kappa shape index (κ1) is 34.2. The Kier molecular flexibility index (Phi) is 8.16. The highest BCUT2D eigenvalue weighted by Gasteiger charge is 2.38. The number of para-hydroxylation sites is 2. The SMILES string of the molecule is CC1CC1c1c(CO)n(-c2ccccc2)c2ccc(-c3ccc4c(c3)c3ccccc3n4-c3ccc(-c4nc(-c5ccccc5)cc(-c5ccccc5)n4)cc3)cc12. The van der Waals surface area contributed by atoms with Crippen molar-refractivity contribution in [1.82, 2.24) is 19.1 Å². The number of aliphatic hydroxyl groups is 1. The van der Waals surface area contributed by atoms with E-state index in [0.717, 1.165) is 68.1 Å². The molecule has 0 spiro atoms. The van der Waals surface area contributed by atoms with E-state index in [1.807, 2.05) is 42.5 Å². The molecule has 7 aromatic carbocycles. The van der Waals surface area contributed by atoms with Crippen molar-refractivity contribution in [3.63, 3.8) is 0 Å². The second-order valence-electron chi connectivity index (χ2n) is 15.6. The Bertz CT molecular complexity index is 3070. The quantitative estimate of drug-likeness (QED) is 0.168. The third kappa shape index (κ3) is 5.74. The summed E-state index contributed by atoms with van der Waals surface area (Å²) in [6.45, 7) is 2.32. The van der Waals surface area contributed by atoms with Gasteiger partial charge in [-0.05, 0) is 108 Å². The molecule has 1 aliphatic rings. The van der Waals surface area contributed by atoms with Crippen molar-refractivity contribution in [2.45, 2.75) is 25.9 Å². The summed E-state index contributed by atoms with van der Waals surface area (Å²) in [5, 5.41) is 14.4. The van der Waals surface area contributed by atoms with Gasteiger partial charge in [0.05, 0.1) is 40.2 Å². The fourth-order valence-corrected chi connectivity index (χ4v) is 8.99. The second kappa shape index (κ2) is 13.8. The van der Waals surface area contributed by atoms with Crippen molar-refractivity contribution in [3.8, 4) is 56.4 Å². The highest BCUT2D eigenvalue weighted by molar-refractivity contribution is 6.10. The normalized spacial score (nSPS) is 15.1. The number of hydrogen-bond donors (Lipinski definition) is 1. The third-order valence-electron chi connectivity index (χ3n) is 12.0. The molecule has 278 valence electrons. The van der Waals surface area contributed by atoms with Crippen molar-refractivity contribution < 1.29 is 5.11 Å². The van der Waals surface area contributed by atoms with Crippen LogP contribution in [0.25, 0.3) is 89.1 Å². The molecule has 5 nitrogen and oxygen atoms in total. The largest absolute Gasteiger partial charge is 0.390 e. The van der Waals surface area contributed by atoms with Gasteiger partial charge in [-0.1, -0.05) is 116 Å². The predicted molar refractivity (Wildman–Crippen MR) is 237 cm³/mol. The fraction of sp³-hybridized carbons (Fsp3) is 0.0943. The van der Waals surface area contributed by atoms with Crippen LogP contribution in [0.5, 0.6) is 0 Å². The minimum Gasteiger partial charge on any atom is -0.390 e. The molecule has 0 radical (unpaired) electrons. The molecule has 3 aromatic heterocycles. The maximum absolute atomic E-state index is 10.8. The lowest BCUT2D eigenvalue weighted by molar-refractivity contribution is 0.274. The molecule has 1 saturated carbocycles. The molecule has 2 unspecified atom stereocenters. The summed E-state index contributed by atoms with van der Waals surface area (Å²) in [7, 11) is 0. The number of fused-ring (bicyclic) bond motifs is 4. The molecule has 0 aliphatic heterocycles. The van der Waals surface area contributed by atoms with E-state index in [1.165, 1.54) is 32.8 Å². The Hall–Kier alpha value is -7.08. The molecule has 0 bridgehead atoms. The third-order valence-corrected chi connectivity index (χ3v) is 12.0. The molecule has 1 N–H and O–H groups in total. The van der Waals surface area contributed by atoms with Gasteiger partial charge in [0.2, 0.25) is 0 Å². The van der Waals surface area contributed by atoms with Crippen LogP contribution in [0.1, 0.15) is 30.5 Å². The highest BCUT2D eigenvalue weighted by Crippen LogP contribution is 2.52. The molecular weight excluding hydrogens is 709 g/mol. The van der Waals surface area contributed by atoms with E-state index in [-0.39, 0.29) is 6.61 Å². The van der Waals surface area contributed by atoms with Gasteiger partial charge in [-0.3, -0.25) is 0 Å². The van der Waals surface area contributed by atoms with Crippen molar-refractivity contribution in [2.24, 2.45) is 5.92 Å². The Morgan fingerprint density at radius 3 is 1.59 bits per heavy atom. The zero-order chi connectivity index (χ0) is 38.7. The van der Waals surface area contributed by atoms with Crippen molar-refractivity contribution in [1.29, 1.82) is 0 Å². The van der Waals surface area contributed by atoms with E-state index < -0.39 is 0 Å². The van der Waals surface area contributed by atoms with Crippen molar-refractivity contribution in [3.05, 3.63) is 193 Å². The van der Waals surface area contributed by atoms with E-state index >= 15 is 0 Å². The number of aromatic nitrogens is 4. The van der Waals surface area contributed by atoms with E-state index in [4.69, 9.17) is 9.97 Å². The lowest BCUT2D eigenvalue weighted by Gasteiger charge is -2.11. The predicted octanol–water partition coefficient (Wildman–Crippen LogP) is 12.8. The van der Waals surface area contributed by atoms with Crippen LogP contribution in [0.4, 0.5) is 0 Å². The molecule has 10 aromatic rings. The molecular formula is C53H40N4O. The van der Waals surface area contributed by atoms with Crippen LogP contribution in [0, 0.1) is 5.92 Å². The maximum atomic E-state index is 10.8. The molecule has 0 saturated heterocycles. The average molecular weight is 749 g/mol. The van der Waals surface area contributed by atoms with E-state index in [0.29, 0.717) is 17.7 Å². The van der Waals surface area contributed by atoms with Crippen LogP contribution in [-0.2, 0) is 6.61 Å². The standard InChI is InChI=1S/C53H40N4O/c1-34-29-43(34)52-45-31-39(24-28-50(45)57(51(52)33-58)40-17-9-4-10-18-40)38-23-27-49-44(30-38)42-19-11-12-20-48(42)56(49)41-25-21-37(22-26-41)53-54-46(35-13-5-2-6-14-35)32-47(55-53)36-15-7-3-8-16-36/h2-28,30-32,34,43,58H,29,33H2,1H3. The maximum Gasteiger partial charge on any atom is 0.160 e. The lowest BCUT2D eigenvalue weighted by atomic mass is 9.98. The van der Waals surface area contributed by atoms with Gasteiger partial charge in [-0.2, -0.15) is 0 Å². The number of rotatable bonds is 8. The molecule has 3 heterocycles. The molecule has 0 amide bonds. The molecule has 1 aliphatic carbocycles. The van der Waals surface area contributed by atoms with Crippen molar-refractivity contribution in [2.75, 3.05) is 0 Å². The zero-order valence-corrected chi connectivity index (χ0v) is 32.1. The number of aliphatic hydroxyl groups excluding tert-OH is 1. The smallest absolute Gasteiger partial charge is 0.160 e. The molecule has 2 atom stereocenters. The first-order valence-corrected chi connectivity index (χ1v) is 20.1. The number of benzene rings is 7. The van der Waals surface area contributed by atoms with Gasteiger partial charge in [0.1, 0.15) is 0 Å². The van der Waals surface area contributed by atoms with E-state index in [1.54, 1.807) is 0 Å². The van der Waals surface area contributed by atoms with Crippen LogP contribution in [-0.4, -0.2) is 24.2 Å². The summed E-state index contributed by atoms with van der Waals surface area (Å²) in [6, 6.07) is 64.1. The molecule has 1 fully saturated rings. The van der Waals surface area contributed by atoms with Crippen LogP contribution in [0.15, 0.2) is 182 Å². The van der Waals surface area contributed by atoms with Gasteiger partial charge in [0.15, 0.2) is 5.82 Å². The summed E-state index contributed by atoms with van der Waals surface area (Å²) < 4.78 is 4.62. The van der Waals surface area contributed by atoms with Crippen LogP contribution >= 0.6 is 0 Å². The van der Waals surface area contributed by atoms with Crippen LogP contribution < -0.4 is 0 Å². The Balaban J connectivity index is 1.01. The summed E-state index contributed by atoms with van der Waals surface area (Å²) in [5.41, 5.74) is 15.1. The zero-order valence-electron chi connectivity index (χ0n) is 32.1. The van der Waals surface area contributed by atoms with E-state index in [9.17, 15) is 5.11 Å². The van der Waals surface area contributed by atoms with Gasteiger partial charge < -0.3 is 14.2 Å². The van der Waals surface area contributed by atoms with Gasteiger partial charge in [-0.15, -0.1) is 0 Å². The molecule has 58 heavy (non-hydrogen) atoms. The van der Waals surface area contributed by atoms with Gasteiger partial charge >= 0.3 is 0 Å². The topological polar surface area (TPSA) is 55.9 Å². The first-order valence-electron chi connectivity index (χ1n) is 20.1. The van der Waals surface area contributed by atoms with Crippen LogP contribution in [0.2, 0.25) is 0 Å². The highest BCUT2D eigenvalue weighted by atomic mass is 16.3. The minimum absolute atomic E-state index is 0.00568. The summed E-state index contributed by atoms with van der Waals surface area (Å²) in [6.07, 6.45) is 1.15. The summed E-state index contributed by atoms with van der Waals surface area (Å²) in [5.74, 6) is 1.76. The molecule has 11 rings (SSSR count).